The van der Waals surface area contributed by atoms with Gasteiger partial charge in [-0.05, 0) is 37.3 Å². The first-order chi connectivity index (χ1) is 16.7. The Hall–Kier alpha value is -4.37. The zero-order chi connectivity index (χ0) is 22.8. The molecular formula is C31H24N3+. The highest BCUT2D eigenvalue weighted by atomic mass is 15.1. The van der Waals surface area contributed by atoms with E-state index >= 15 is 0 Å². The van der Waals surface area contributed by atoms with Gasteiger partial charge < -0.3 is 4.57 Å². The second kappa shape index (κ2) is 7.06. The minimum Gasteiger partial charge on any atom is -0.309 e. The largest absolute Gasteiger partial charge is 0.309 e. The van der Waals surface area contributed by atoms with Crippen molar-refractivity contribution in [3.63, 3.8) is 0 Å². The van der Waals surface area contributed by atoms with Gasteiger partial charge in [0.2, 0.25) is 0 Å². The van der Waals surface area contributed by atoms with Crippen molar-refractivity contribution in [1.29, 1.82) is 0 Å². The molecule has 0 radical (unpaired) electrons. The average Bonchev–Trinajstić information content (AvgIpc) is 3.39. The Balaban J connectivity index is 1.60. The number of aryl methyl sites for hydroxylation is 2. The molecular weight excluding hydrogens is 414 g/mol. The molecule has 0 N–H and O–H groups in total. The molecule has 0 fully saturated rings. The first-order valence-electron chi connectivity index (χ1n) is 11.7. The summed E-state index contributed by atoms with van der Waals surface area (Å²) in [5.41, 5.74) is 4.91. The molecule has 7 aromatic rings. The molecule has 0 aliphatic carbocycles. The van der Waals surface area contributed by atoms with Crippen LogP contribution < -0.4 is 4.57 Å². The van der Waals surface area contributed by atoms with Crippen molar-refractivity contribution in [2.24, 2.45) is 7.05 Å². The van der Waals surface area contributed by atoms with Crippen LogP contribution in [0, 0.1) is 6.92 Å². The zero-order valence-corrected chi connectivity index (χ0v) is 19.2. The minimum absolute atomic E-state index is 1.17. The summed E-state index contributed by atoms with van der Waals surface area (Å²) in [4.78, 5) is 0. The monoisotopic (exact) mass is 438 g/mol. The molecule has 0 saturated heterocycles. The van der Waals surface area contributed by atoms with E-state index in [1.807, 2.05) is 0 Å². The van der Waals surface area contributed by atoms with Crippen LogP contribution in [0.3, 0.4) is 0 Å². The molecule has 0 spiro atoms. The molecule has 0 amide bonds. The number of hydrogen-bond acceptors (Lipinski definition) is 0. The normalized spacial score (nSPS) is 11.8. The van der Waals surface area contributed by atoms with Crippen LogP contribution in [0.25, 0.3) is 54.9 Å². The van der Waals surface area contributed by atoms with Crippen LogP contribution in [0.5, 0.6) is 0 Å². The summed E-state index contributed by atoms with van der Waals surface area (Å²) in [6.45, 7) is 2.21. The van der Waals surface area contributed by atoms with Crippen molar-refractivity contribution in [2.45, 2.75) is 6.92 Å². The highest BCUT2D eigenvalue weighted by Crippen LogP contribution is 2.35. The lowest BCUT2D eigenvalue weighted by molar-refractivity contribution is -0.664. The molecule has 3 nitrogen and oxygen atoms in total. The molecule has 3 heterocycles. The van der Waals surface area contributed by atoms with E-state index in [1.165, 1.54) is 60.5 Å². The summed E-state index contributed by atoms with van der Waals surface area (Å²) >= 11 is 0. The second-order valence-corrected chi connectivity index (χ2v) is 9.03. The summed E-state index contributed by atoms with van der Waals surface area (Å²) in [5.74, 6) is 1.17. The van der Waals surface area contributed by atoms with Crippen molar-refractivity contribution < 1.29 is 4.57 Å². The van der Waals surface area contributed by atoms with Gasteiger partial charge in [0.05, 0.1) is 35.4 Å². The lowest BCUT2D eigenvalue weighted by atomic mass is 10.1. The van der Waals surface area contributed by atoms with Gasteiger partial charge in [0, 0.05) is 26.9 Å². The third kappa shape index (κ3) is 2.55. The minimum atomic E-state index is 1.17. The molecule has 0 bridgehead atoms. The van der Waals surface area contributed by atoms with Gasteiger partial charge in [0.1, 0.15) is 11.9 Å². The number of rotatable bonds is 2. The maximum atomic E-state index is 2.41. The molecule has 3 heteroatoms. The Morgan fingerprint density at radius 3 is 1.91 bits per heavy atom. The standard InChI is InChI=1S/C31H24N3/c1-21-23-11-4-3-10-22(23)20-33(21)31-27-14-9-17-30(26(27)18-19-32(31)2)34-28-15-7-5-12-24(28)25-13-6-8-16-29(25)34/h3-20H,1-2H3/q+1. The Morgan fingerprint density at radius 2 is 1.21 bits per heavy atom. The molecule has 162 valence electrons. The lowest BCUT2D eigenvalue weighted by Gasteiger charge is -2.13. The SMILES string of the molecule is Cc1c2ccccc2cn1-c1c2cccc(-n3c4ccccc4c4ccccc43)c2cc[n+]1C. The zero-order valence-electron chi connectivity index (χ0n) is 19.2. The first-order valence-corrected chi connectivity index (χ1v) is 11.7. The van der Waals surface area contributed by atoms with Crippen LogP contribution in [0.2, 0.25) is 0 Å². The number of nitrogens with zero attached hydrogens (tertiary/aromatic N) is 3. The van der Waals surface area contributed by atoms with Crippen LogP contribution in [-0.4, -0.2) is 9.13 Å². The van der Waals surface area contributed by atoms with Crippen LogP contribution in [0.4, 0.5) is 0 Å². The van der Waals surface area contributed by atoms with Crippen LogP contribution in [0.1, 0.15) is 5.69 Å². The first kappa shape index (κ1) is 19.1. The van der Waals surface area contributed by atoms with E-state index in [0.29, 0.717) is 0 Å². The molecule has 0 aliphatic heterocycles. The topological polar surface area (TPSA) is 13.7 Å². The number of benzene rings is 4. The number of para-hydroxylation sites is 2. The van der Waals surface area contributed by atoms with Gasteiger partial charge in [-0.15, -0.1) is 0 Å². The van der Waals surface area contributed by atoms with Gasteiger partial charge in [-0.1, -0.05) is 66.7 Å². The molecule has 0 unspecified atom stereocenters. The van der Waals surface area contributed by atoms with E-state index in [0.717, 1.165) is 0 Å². The van der Waals surface area contributed by atoms with E-state index in [-0.39, 0.29) is 0 Å². The highest BCUT2D eigenvalue weighted by Gasteiger charge is 2.22. The molecule has 0 aliphatic rings. The van der Waals surface area contributed by atoms with Gasteiger partial charge in [-0.2, -0.15) is 0 Å². The highest BCUT2D eigenvalue weighted by molar-refractivity contribution is 6.10. The maximum absolute atomic E-state index is 2.41. The molecule has 7 rings (SSSR count). The van der Waals surface area contributed by atoms with Crippen LogP contribution >= 0.6 is 0 Å². The third-order valence-corrected chi connectivity index (χ3v) is 7.15. The van der Waals surface area contributed by atoms with E-state index in [1.54, 1.807) is 0 Å². The van der Waals surface area contributed by atoms with Crippen molar-refractivity contribution in [3.05, 3.63) is 115 Å². The molecule has 4 aromatic carbocycles. The van der Waals surface area contributed by atoms with Gasteiger partial charge in [-0.3, -0.25) is 0 Å². The summed E-state index contributed by atoms with van der Waals surface area (Å²) in [7, 11) is 2.13. The smallest absolute Gasteiger partial charge is 0.294 e. The molecule has 0 atom stereocenters. The quantitative estimate of drug-likeness (QED) is 0.258. The maximum Gasteiger partial charge on any atom is 0.294 e. The number of aromatic nitrogens is 3. The summed E-state index contributed by atoms with van der Waals surface area (Å²) in [6, 6.07) is 34.9. The summed E-state index contributed by atoms with van der Waals surface area (Å²) < 4.78 is 6.97. The van der Waals surface area contributed by atoms with Gasteiger partial charge in [0.25, 0.3) is 5.82 Å². The van der Waals surface area contributed by atoms with E-state index in [9.17, 15) is 0 Å². The Kier molecular flexibility index (Phi) is 3.97. The van der Waals surface area contributed by atoms with E-state index < -0.39 is 0 Å². The summed E-state index contributed by atoms with van der Waals surface area (Å²) in [6.07, 6.45) is 4.44. The second-order valence-electron chi connectivity index (χ2n) is 9.03. The van der Waals surface area contributed by atoms with Gasteiger partial charge in [0.15, 0.2) is 0 Å². The lowest BCUT2D eigenvalue weighted by Crippen LogP contribution is -2.33. The fourth-order valence-corrected chi connectivity index (χ4v) is 5.57. The van der Waals surface area contributed by atoms with Crippen LogP contribution in [0.15, 0.2) is 109 Å². The van der Waals surface area contributed by atoms with Crippen molar-refractivity contribution >= 4 is 43.4 Å². The van der Waals surface area contributed by atoms with Crippen molar-refractivity contribution in [2.75, 3.05) is 0 Å². The third-order valence-electron chi connectivity index (χ3n) is 7.15. The predicted octanol–water partition coefficient (Wildman–Crippen LogP) is 7.01. The Morgan fingerprint density at radius 1 is 0.588 bits per heavy atom. The number of fused-ring (bicyclic) bond motifs is 5. The molecule has 34 heavy (non-hydrogen) atoms. The van der Waals surface area contributed by atoms with E-state index in [2.05, 4.69) is 137 Å². The van der Waals surface area contributed by atoms with Crippen LogP contribution in [-0.2, 0) is 7.05 Å². The summed E-state index contributed by atoms with van der Waals surface area (Å²) in [5, 5.41) is 7.58. The number of hydrogen-bond donors (Lipinski definition) is 0. The fourth-order valence-electron chi connectivity index (χ4n) is 5.57. The average molecular weight is 439 g/mol. The predicted molar refractivity (Wildman–Crippen MR) is 141 cm³/mol. The molecule has 3 aromatic heterocycles. The van der Waals surface area contributed by atoms with E-state index in [4.69, 9.17) is 0 Å². The Bertz CT molecular complexity index is 1830. The Labute approximate surface area is 197 Å². The number of pyridine rings is 1. The van der Waals surface area contributed by atoms with Gasteiger partial charge >= 0.3 is 0 Å². The van der Waals surface area contributed by atoms with Crippen molar-refractivity contribution in [3.8, 4) is 11.5 Å². The fraction of sp³-hybridized carbons (Fsp3) is 0.0645. The molecule has 0 saturated carbocycles. The van der Waals surface area contributed by atoms with Crippen molar-refractivity contribution in [1.82, 2.24) is 9.13 Å². The van der Waals surface area contributed by atoms with Gasteiger partial charge in [-0.25, -0.2) is 9.13 Å².